The first-order valence-corrected chi connectivity index (χ1v) is 8.63. The molecule has 1 aliphatic rings. The van der Waals surface area contributed by atoms with Gasteiger partial charge in [0.05, 0.1) is 4.90 Å². The lowest BCUT2D eigenvalue weighted by Gasteiger charge is -2.20. The van der Waals surface area contributed by atoms with E-state index in [1.165, 1.54) is 6.92 Å². The summed E-state index contributed by atoms with van der Waals surface area (Å²) >= 11 is 0. The predicted molar refractivity (Wildman–Crippen MR) is 82.8 cm³/mol. The van der Waals surface area contributed by atoms with Crippen molar-refractivity contribution in [2.45, 2.75) is 45.1 Å². The monoisotopic (exact) mass is 310 g/mol. The molecule has 1 amide bonds. The highest BCUT2D eigenvalue weighted by Gasteiger charge is 2.30. The second-order valence-electron chi connectivity index (χ2n) is 5.98. The first kappa shape index (κ1) is 16.0. The molecule has 0 spiro atoms. The van der Waals surface area contributed by atoms with Gasteiger partial charge in [0, 0.05) is 25.2 Å². The minimum absolute atomic E-state index is 0.0187. The van der Waals surface area contributed by atoms with Gasteiger partial charge in [-0.05, 0) is 43.0 Å². The van der Waals surface area contributed by atoms with Crippen LogP contribution in [0.2, 0.25) is 0 Å². The Morgan fingerprint density at radius 3 is 2.67 bits per heavy atom. The molecule has 5 nitrogen and oxygen atoms in total. The third kappa shape index (κ3) is 3.27. The molecule has 0 fully saturated rings. The normalized spacial score (nSPS) is 18.1. The number of carbonyl (C=O) groups excluding carboxylic acids is 1. The first-order chi connectivity index (χ1) is 9.72. The Morgan fingerprint density at radius 1 is 1.43 bits per heavy atom. The van der Waals surface area contributed by atoms with Gasteiger partial charge in [-0.2, -0.15) is 0 Å². The van der Waals surface area contributed by atoms with Crippen LogP contribution in [0.5, 0.6) is 0 Å². The molecule has 1 aromatic carbocycles. The van der Waals surface area contributed by atoms with Crippen LogP contribution in [0.4, 0.5) is 5.69 Å². The van der Waals surface area contributed by atoms with Gasteiger partial charge in [0.25, 0.3) is 0 Å². The largest absolute Gasteiger partial charge is 0.309 e. The fraction of sp³-hybridized carbons (Fsp3) is 0.533. The third-order valence-electron chi connectivity index (χ3n) is 3.60. The standard InChI is InChI=1S/C15H22N2O3S/c1-10(2)9-16-21(19,20)14-5-6-15-13(8-14)7-11(3)17(15)12(4)18/h5-6,8,10-11,16H,7,9H2,1-4H3. The molecule has 0 aliphatic carbocycles. The quantitative estimate of drug-likeness (QED) is 0.924. The minimum Gasteiger partial charge on any atom is -0.309 e. The third-order valence-corrected chi connectivity index (χ3v) is 5.02. The number of rotatable bonds is 4. The van der Waals surface area contributed by atoms with Gasteiger partial charge in [0.15, 0.2) is 0 Å². The topological polar surface area (TPSA) is 66.5 Å². The SMILES string of the molecule is CC(=O)N1c2ccc(S(=O)(=O)NCC(C)C)cc2CC1C. The van der Waals surface area contributed by atoms with Crippen LogP contribution in [0.3, 0.4) is 0 Å². The summed E-state index contributed by atoms with van der Waals surface area (Å²) in [7, 11) is -3.49. The average molecular weight is 310 g/mol. The van der Waals surface area contributed by atoms with E-state index in [9.17, 15) is 13.2 Å². The average Bonchev–Trinajstić information content (AvgIpc) is 2.71. The summed E-state index contributed by atoms with van der Waals surface area (Å²) in [5.74, 6) is 0.234. The van der Waals surface area contributed by atoms with Gasteiger partial charge in [-0.25, -0.2) is 13.1 Å². The highest BCUT2D eigenvalue weighted by molar-refractivity contribution is 7.89. The zero-order valence-corrected chi connectivity index (χ0v) is 13.7. The zero-order chi connectivity index (χ0) is 15.8. The van der Waals surface area contributed by atoms with Crippen molar-refractivity contribution in [3.8, 4) is 0 Å². The molecule has 1 heterocycles. The summed E-state index contributed by atoms with van der Waals surface area (Å²) in [5, 5.41) is 0. The van der Waals surface area contributed by atoms with Crippen molar-refractivity contribution in [1.29, 1.82) is 0 Å². The van der Waals surface area contributed by atoms with E-state index in [1.54, 1.807) is 23.1 Å². The first-order valence-electron chi connectivity index (χ1n) is 7.14. The Morgan fingerprint density at radius 2 is 2.10 bits per heavy atom. The van der Waals surface area contributed by atoms with Crippen molar-refractivity contribution in [3.63, 3.8) is 0 Å². The van der Waals surface area contributed by atoms with Gasteiger partial charge in [-0.3, -0.25) is 4.79 Å². The summed E-state index contributed by atoms with van der Waals surface area (Å²) in [6.45, 7) is 7.82. The Kier molecular flexibility index (Phi) is 4.39. The van der Waals surface area contributed by atoms with Crippen LogP contribution in [0.25, 0.3) is 0 Å². The van der Waals surface area contributed by atoms with Gasteiger partial charge in [0.2, 0.25) is 15.9 Å². The summed E-state index contributed by atoms with van der Waals surface area (Å²) in [4.78, 5) is 13.7. The van der Waals surface area contributed by atoms with Crippen molar-refractivity contribution >= 4 is 21.6 Å². The van der Waals surface area contributed by atoms with Crippen molar-refractivity contribution in [2.24, 2.45) is 5.92 Å². The van der Waals surface area contributed by atoms with E-state index >= 15 is 0 Å². The van der Waals surface area contributed by atoms with E-state index in [0.717, 1.165) is 11.3 Å². The summed E-state index contributed by atoms with van der Waals surface area (Å²) in [6.07, 6.45) is 0.683. The molecule has 6 heteroatoms. The lowest BCUT2D eigenvalue weighted by molar-refractivity contribution is -0.116. The molecule has 1 aliphatic heterocycles. The van der Waals surface area contributed by atoms with Crippen LogP contribution in [-0.4, -0.2) is 26.9 Å². The molecule has 21 heavy (non-hydrogen) atoms. The van der Waals surface area contributed by atoms with Crippen LogP contribution < -0.4 is 9.62 Å². The van der Waals surface area contributed by atoms with Crippen molar-refractivity contribution in [1.82, 2.24) is 4.72 Å². The highest BCUT2D eigenvalue weighted by atomic mass is 32.2. The molecule has 0 aromatic heterocycles. The number of sulfonamides is 1. The van der Waals surface area contributed by atoms with Crippen LogP contribution in [0.1, 0.15) is 33.3 Å². The fourth-order valence-corrected chi connectivity index (χ4v) is 3.88. The van der Waals surface area contributed by atoms with E-state index < -0.39 is 10.0 Å². The number of anilines is 1. The highest BCUT2D eigenvalue weighted by Crippen LogP contribution is 2.33. The number of benzene rings is 1. The molecule has 0 radical (unpaired) electrons. The van der Waals surface area contributed by atoms with Gasteiger partial charge >= 0.3 is 0 Å². The maximum atomic E-state index is 12.2. The fourth-order valence-electron chi connectivity index (χ4n) is 2.61. The lowest BCUT2D eigenvalue weighted by Crippen LogP contribution is -2.33. The van der Waals surface area contributed by atoms with Gasteiger partial charge in [-0.1, -0.05) is 13.8 Å². The van der Waals surface area contributed by atoms with Gasteiger partial charge in [0.1, 0.15) is 0 Å². The van der Waals surface area contributed by atoms with Crippen LogP contribution in [-0.2, 0) is 21.2 Å². The van der Waals surface area contributed by atoms with Gasteiger partial charge < -0.3 is 4.90 Å². The smallest absolute Gasteiger partial charge is 0.240 e. The zero-order valence-electron chi connectivity index (χ0n) is 12.9. The molecule has 2 rings (SSSR count). The lowest BCUT2D eigenvalue weighted by atomic mass is 10.1. The number of hydrogen-bond acceptors (Lipinski definition) is 3. The van der Waals surface area contributed by atoms with Crippen LogP contribution in [0.15, 0.2) is 23.1 Å². The predicted octanol–water partition coefficient (Wildman–Crippen LogP) is 1.92. The Bertz CT molecular complexity index is 653. The molecule has 0 saturated carbocycles. The second kappa shape index (κ2) is 5.77. The molecular formula is C15H22N2O3S. The molecule has 0 bridgehead atoms. The van der Waals surface area contributed by atoms with Gasteiger partial charge in [-0.15, -0.1) is 0 Å². The number of amides is 1. The number of nitrogens with one attached hydrogen (secondary N) is 1. The molecule has 1 aromatic rings. The molecule has 1 atom stereocenters. The number of nitrogens with zero attached hydrogens (tertiary/aromatic N) is 1. The van der Waals surface area contributed by atoms with Crippen LogP contribution in [0, 0.1) is 5.92 Å². The Balaban J connectivity index is 2.31. The Hall–Kier alpha value is -1.40. The minimum atomic E-state index is -3.49. The molecule has 1 N–H and O–H groups in total. The second-order valence-corrected chi connectivity index (χ2v) is 7.75. The number of fused-ring (bicyclic) bond motifs is 1. The molecule has 1 unspecified atom stereocenters. The number of carbonyl (C=O) groups is 1. The van der Waals surface area contributed by atoms with Crippen molar-refractivity contribution in [3.05, 3.63) is 23.8 Å². The number of hydrogen-bond donors (Lipinski definition) is 1. The molecule has 116 valence electrons. The maximum Gasteiger partial charge on any atom is 0.240 e. The maximum absolute atomic E-state index is 12.2. The van der Waals surface area contributed by atoms with Crippen LogP contribution >= 0.6 is 0 Å². The van der Waals surface area contributed by atoms with E-state index in [2.05, 4.69) is 4.72 Å². The Labute approximate surface area is 126 Å². The van der Waals surface area contributed by atoms with E-state index in [-0.39, 0.29) is 22.8 Å². The summed E-state index contributed by atoms with van der Waals surface area (Å²) in [6, 6.07) is 5.04. The van der Waals surface area contributed by atoms with E-state index in [4.69, 9.17) is 0 Å². The summed E-state index contributed by atoms with van der Waals surface area (Å²) < 4.78 is 27.1. The molecule has 0 saturated heterocycles. The summed E-state index contributed by atoms with van der Waals surface area (Å²) in [5.41, 5.74) is 1.72. The van der Waals surface area contributed by atoms with Crippen molar-refractivity contribution in [2.75, 3.05) is 11.4 Å². The van der Waals surface area contributed by atoms with E-state index in [0.29, 0.717) is 13.0 Å². The molecular weight excluding hydrogens is 288 g/mol. The van der Waals surface area contributed by atoms with Crippen molar-refractivity contribution < 1.29 is 13.2 Å². The van der Waals surface area contributed by atoms with E-state index in [1.807, 2.05) is 20.8 Å².